The van der Waals surface area contributed by atoms with Gasteiger partial charge in [-0.25, -0.2) is 4.98 Å². The summed E-state index contributed by atoms with van der Waals surface area (Å²) in [5.41, 5.74) is 3.40. The number of pyridine rings is 1. The molecular weight excluding hydrogens is 368 g/mol. The maximum atomic E-state index is 13.2. The molecule has 1 atom stereocenters. The first-order chi connectivity index (χ1) is 14.2. The van der Waals surface area contributed by atoms with Crippen molar-refractivity contribution in [3.63, 3.8) is 0 Å². The van der Waals surface area contributed by atoms with Gasteiger partial charge in [-0.15, -0.1) is 0 Å². The second-order valence-corrected chi connectivity index (χ2v) is 8.13. The lowest BCUT2D eigenvalue weighted by atomic mass is 10.1. The number of aryl methyl sites for hydroxylation is 2. The number of unbranched alkanes of at least 4 members (excludes halogenated alkanes) is 1. The van der Waals surface area contributed by atoms with E-state index in [0.29, 0.717) is 25.7 Å². The van der Waals surface area contributed by atoms with E-state index in [1.807, 2.05) is 11.1 Å². The Morgan fingerprint density at radius 2 is 2.28 bits per heavy atom. The van der Waals surface area contributed by atoms with Crippen LogP contribution in [0.5, 0.6) is 0 Å². The molecule has 0 unspecified atom stereocenters. The highest BCUT2D eigenvalue weighted by Crippen LogP contribution is 2.32. The summed E-state index contributed by atoms with van der Waals surface area (Å²) >= 11 is 0. The Bertz CT molecular complexity index is 840. The smallest absolute Gasteiger partial charge is 0.253 e. The second-order valence-electron chi connectivity index (χ2n) is 8.13. The molecule has 1 saturated heterocycles. The fourth-order valence-corrected chi connectivity index (χ4v) is 4.16. The number of methoxy groups -OCH3 is 1. The third kappa shape index (κ3) is 4.63. The molecule has 7 nitrogen and oxygen atoms in total. The van der Waals surface area contributed by atoms with E-state index in [4.69, 9.17) is 9.47 Å². The van der Waals surface area contributed by atoms with Crippen molar-refractivity contribution in [1.29, 1.82) is 0 Å². The van der Waals surface area contributed by atoms with Crippen LogP contribution < -0.4 is 5.32 Å². The lowest BCUT2D eigenvalue weighted by molar-refractivity contribution is -0.146. The van der Waals surface area contributed by atoms with Gasteiger partial charge in [0.25, 0.3) is 5.91 Å². The van der Waals surface area contributed by atoms with Crippen LogP contribution in [-0.4, -0.2) is 65.9 Å². The van der Waals surface area contributed by atoms with Crippen molar-refractivity contribution in [2.75, 3.05) is 33.4 Å². The number of morpholine rings is 1. The molecular formula is C22H32N4O3. The standard InChI is InChI=1S/C22H32N4O3/c1-16-7-8-24-21-20(16)17(14-25(21)10-3-4-11-28-2)15-26(18-5-6-18)22(27)19-13-23-9-12-29-19/h7-8,14,18-19,23H,3-6,9-13,15H2,1-2H3/t19-/m1/s1. The number of fused-ring (bicyclic) bond motifs is 1. The van der Waals surface area contributed by atoms with Gasteiger partial charge in [0, 0.05) is 63.7 Å². The average Bonchev–Trinajstić information content (AvgIpc) is 3.52. The van der Waals surface area contributed by atoms with Crippen molar-refractivity contribution >= 4 is 16.9 Å². The van der Waals surface area contributed by atoms with Crippen molar-refractivity contribution in [1.82, 2.24) is 19.8 Å². The number of nitrogens with zero attached hydrogens (tertiary/aromatic N) is 3. The van der Waals surface area contributed by atoms with Gasteiger partial charge in [0.2, 0.25) is 0 Å². The molecule has 1 aliphatic heterocycles. The third-order valence-electron chi connectivity index (χ3n) is 5.86. The fourth-order valence-electron chi connectivity index (χ4n) is 4.16. The van der Waals surface area contributed by atoms with E-state index in [1.54, 1.807) is 7.11 Å². The zero-order valence-corrected chi connectivity index (χ0v) is 17.5. The molecule has 2 aromatic heterocycles. The van der Waals surface area contributed by atoms with Crippen molar-refractivity contribution in [3.05, 3.63) is 29.6 Å². The Labute approximate surface area is 172 Å². The van der Waals surface area contributed by atoms with Gasteiger partial charge in [0.15, 0.2) is 0 Å². The minimum absolute atomic E-state index is 0.113. The van der Waals surface area contributed by atoms with E-state index < -0.39 is 0 Å². The van der Waals surface area contributed by atoms with Gasteiger partial charge in [0.1, 0.15) is 11.8 Å². The predicted molar refractivity (Wildman–Crippen MR) is 112 cm³/mol. The molecule has 29 heavy (non-hydrogen) atoms. The number of ether oxygens (including phenoxy) is 2. The van der Waals surface area contributed by atoms with Crippen molar-refractivity contribution in [3.8, 4) is 0 Å². The van der Waals surface area contributed by atoms with Crippen LogP contribution in [0.15, 0.2) is 18.5 Å². The summed E-state index contributed by atoms with van der Waals surface area (Å²) in [6.45, 7) is 6.44. The van der Waals surface area contributed by atoms with Crippen LogP contribution in [-0.2, 0) is 27.4 Å². The maximum Gasteiger partial charge on any atom is 0.253 e. The van der Waals surface area contributed by atoms with Gasteiger partial charge in [-0.05, 0) is 49.8 Å². The van der Waals surface area contributed by atoms with Crippen molar-refractivity contribution in [2.24, 2.45) is 0 Å². The van der Waals surface area contributed by atoms with Gasteiger partial charge >= 0.3 is 0 Å². The van der Waals surface area contributed by atoms with Gasteiger partial charge < -0.3 is 24.3 Å². The number of aromatic nitrogens is 2. The predicted octanol–water partition coefficient (Wildman–Crippen LogP) is 2.25. The first kappa shape index (κ1) is 20.3. The molecule has 158 valence electrons. The first-order valence-corrected chi connectivity index (χ1v) is 10.7. The lowest BCUT2D eigenvalue weighted by Gasteiger charge is -2.30. The molecule has 1 saturated carbocycles. The monoisotopic (exact) mass is 400 g/mol. The minimum atomic E-state index is -0.369. The normalized spacial score (nSPS) is 19.6. The zero-order chi connectivity index (χ0) is 20.2. The summed E-state index contributed by atoms with van der Waals surface area (Å²) in [6.07, 6.45) is 7.93. The van der Waals surface area contributed by atoms with Crippen molar-refractivity contribution < 1.29 is 14.3 Å². The Kier molecular flexibility index (Phi) is 6.47. The van der Waals surface area contributed by atoms with Crippen LogP contribution in [0, 0.1) is 6.92 Å². The number of hydrogen-bond acceptors (Lipinski definition) is 5. The zero-order valence-electron chi connectivity index (χ0n) is 17.5. The number of nitrogens with one attached hydrogen (secondary N) is 1. The number of amides is 1. The van der Waals surface area contributed by atoms with Gasteiger partial charge in [-0.3, -0.25) is 4.79 Å². The van der Waals surface area contributed by atoms with E-state index in [1.165, 1.54) is 16.5 Å². The summed E-state index contributed by atoms with van der Waals surface area (Å²) in [5.74, 6) is 0.113. The number of carbonyl (C=O) groups excluding carboxylic acids is 1. The van der Waals surface area contributed by atoms with E-state index in [2.05, 4.69) is 34.1 Å². The topological polar surface area (TPSA) is 68.6 Å². The quantitative estimate of drug-likeness (QED) is 0.654. The second kappa shape index (κ2) is 9.24. The highest BCUT2D eigenvalue weighted by atomic mass is 16.5. The first-order valence-electron chi connectivity index (χ1n) is 10.7. The molecule has 0 aromatic carbocycles. The Hall–Kier alpha value is -1.96. The number of rotatable bonds is 9. The fraction of sp³-hybridized carbons (Fsp3) is 0.636. The summed E-state index contributed by atoms with van der Waals surface area (Å²) in [5, 5.41) is 4.45. The van der Waals surface area contributed by atoms with E-state index in [9.17, 15) is 4.79 Å². The van der Waals surface area contributed by atoms with Crippen molar-refractivity contribution in [2.45, 2.75) is 57.8 Å². The molecule has 0 radical (unpaired) electrons. The molecule has 1 aliphatic carbocycles. The molecule has 0 spiro atoms. The van der Waals surface area contributed by atoms with Crippen LogP contribution >= 0.6 is 0 Å². The Morgan fingerprint density at radius 1 is 1.41 bits per heavy atom. The SMILES string of the molecule is COCCCCn1cc(CN(C(=O)[C@H]2CNCCO2)C2CC2)c2c(C)ccnc21. The molecule has 1 N–H and O–H groups in total. The molecule has 3 heterocycles. The largest absolute Gasteiger partial charge is 0.385 e. The van der Waals surface area contributed by atoms with Crippen LogP contribution in [0.1, 0.15) is 36.8 Å². The molecule has 2 aromatic rings. The molecule has 2 aliphatic rings. The van der Waals surface area contributed by atoms with Crippen LogP contribution in [0.25, 0.3) is 11.0 Å². The van der Waals surface area contributed by atoms with Gasteiger partial charge in [-0.1, -0.05) is 0 Å². The van der Waals surface area contributed by atoms with Gasteiger partial charge in [0.05, 0.1) is 6.61 Å². The Balaban J connectivity index is 1.57. The molecule has 7 heteroatoms. The van der Waals surface area contributed by atoms with E-state index in [0.717, 1.165) is 51.0 Å². The van der Waals surface area contributed by atoms with Crippen LogP contribution in [0.4, 0.5) is 0 Å². The molecule has 1 amide bonds. The molecule has 0 bridgehead atoms. The summed E-state index contributed by atoms with van der Waals surface area (Å²) < 4.78 is 13.2. The van der Waals surface area contributed by atoms with Gasteiger partial charge in [-0.2, -0.15) is 0 Å². The maximum absolute atomic E-state index is 13.2. The lowest BCUT2D eigenvalue weighted by Crippen LogP contribution is -2.49. The Morgan fingerprint density at radius 3 is 3.00 bits per heavy atom. The minimum Gasteiger partial charge on any atom is -0.385 e. The van der Waals surface area contributed by atoms with Crippen LogP contribution in [0.2, 0.25) is 0 Å². The highest BCUT2D eigenvalue weighted by Gasteiger charge is 2.37. The number of hydrogen-bond donors (Lipinski definition) is 1. The summed E-state index contributed by atoms with van der Waals surface area (Å²) in [6, 6.07) is 2.39. The third-order valence-corrected chi connectivity index (χ3v) is 5.86. The van der Waals surface area contributed by atoms with E-state index >= 15 is 0 Å². The highest BCUT2D eigenvalue weighted by molar-refractivity contribution is 5.86. The molecule has 4 rings (SSSR count). The summed E-state index contributed by atoms with van der Waals surface area (Å²) in [4.78, 5) is 19.9. The average molecular weight is 401 g/mol. The van der Waals surface area contributed by atoms with Crippen LogP contribution in [0.3, 0.4) is 0 Å². The van der Waals surface area contributed by atoms with E-state index in [-0.39, 0.29) is 12.0 Å². The molecule has 2 fully saturated rings. The number of carbonyl (C=O) groups is 1. The summed E-state index contributed by atoms with van der Waals surface area (Å²) in [7, 11) is 1.74.